The zero-order valence-corrected chi connectivity index (χ0v) is 10.2. The van der Waals surface area contributed by atoms with Crippen molar-refractivity contribution in [1.82, 2.24) is 10.3 Å². The van der Waals surface area contributed by atoms with Gasteiger partial charge in [-0.25, -0.2) is 4.79 Å². The maximum atomic E-state index is 10.3. The molecule has 0 bridgehead atoms. The predicted molar refractivity (Wildman–Crippen MR) is 64.1 cm³/mol. The average molecular weight is 259 g/mol. The van der Waals surface area contributed by atoms with Crippen LogP contribution in [0.15, 0.2) is 12.3 Å². The lowest BCUT2D eigenvalue weighted by molar-refractivity contribution is 0.192. The van der Waals surface area contributed by atoms with E-state index in [1.807, 2.05) is 6.92 Å². The van der Waals surface area contributed by atoms with E-state index < -0.39 is 6.09 Å². The molecule has 3 N–H and O–H groups in total. The van der Waals surface area contributed by atoms with E-state index in [2.05, 4.69) is 10.3 Å². The predicted octanol–water partition coefficient (Wildman–Crippen LogP) is 1.67. The molecule has 1 atom stereocenters. The number of nitrogens with zero attached hydrogens (tertiary/aromatic N) is 1. The minimum atomic E-state index is -1.04. The van der Waals surface area contributed by atoms with Crippen LogP contribution in [-0.2, 0) is 13.0 Å². The number of carbonyl (C=O) groups is 1. The van der Waals surface area contributed by atoms with Gasteiger partial charge in [-0.3, -0.25) is 4.98 Å². The first-order valence-electron chi connectivity index (χ1n) is 5.24. The SMILES string of the molecule is C[C@H](CNC(=O)O)Cc1ncc(Cl)cc1CO. The van der Waals surface area contributed by atoms with E-state index in [0.717, 1.165) is 5.69 Å². The van der Waals surface area contributed by atoms with Crippen molar-refractivity contribution in [1.29, 1.82) is 0 Å². The van der Waals surface area contributed by atoms with Gasteiger partial charge in [-0.15, -0.1) is 0 Å². The molecule has 1 aromatic heterocycles. The van der Waals surface area contributed by atoms with E-state index in [1.54, 1.807) is 6.07 Å². The van der Waals surface area contributed by atoms with E-state index in [9.17, 15) is 4.79 Å². The number of hydrogen-bond donors (Lipinski definition) is 3. The van der Waals surface area contributed by atoms with Crippen molar-refractivity contribution in [2.24, 2.45) is 5.92 Å². The van der Waals surface area contributed by atoms with Gasteiger partial charge < -0.3 is 15.5 Å². The first-order valence-corrected chi connectivity index (χ1v) is 5.61. The lowest BCUT2D eigenvalue weighted by Crippen LogP contribution is -2.27. The number of nitrogens with one attached hydrogen (secondary N) is 1. The summed E-state index contributed by atoms with van der Waals surface area (Å²) >= 11 is 5.77. The van der Waals surface area contributed by atoms with Crippen molar-refractivity contribution < 1.29 is 15.0 Å². The second-order valence-corrected chi connectivity index (χ2v) is 4.35. The summed E-state index contributed by atoms with van der Waals surface area (Å²) in [4.78, 5) is 14.5. The fourth-order valence-corrected chi connectivity index (χ4v) is 1.67. The highest BCUT2D eigenvalue weighted by Gasteiger charge is 2.10. The Bertz CT molecular complexity index is 398. The van der Waals surface area contributed by atoms with Crippen LogP contribution in [0.25, 0.3) is 0 Å². The van der Waals surface area contributed by atoms with Crippen LogP contribution in [0.5, 0.6) is 0 Å². The van der Waals surface area contributed by atoms with Crippen molar-refractivity contribution in [3.8, 4) is 0 Å². The molecular weight excluding hydrogens is 244 g/mol. The maximum absolute atomic E-state index is 10.3. The topological polar surface area (TPSA) is 82.5 Å². The normalized spacial score (nSPS) is 12.2. The molecule has 94 valence electrons. The number of carboxylic acid groups (broad SMARTS) is 1. The molecule has 0 aliphatic rings. The largest absolute Gasteiger partial charge is 0.465 e. The van der Waals surface area contributed by atoms with Crippen molar-refractivity contribution in [2.45, 2.75) is 20.0 Å². The fourth-order valence-electron chi connectivity index (χ4n) is 1.49. The number of aromatic nitrogens is 1. The second kappa shape index (κ2) is 6.42. The summed E-state index contributed by atoms with van der Waals surface area (Å²) < 4.78 is 0. The third-order valence-corrected chi connectivity index (χ3v) is 2.55. The van der Waals surface area contributed by atoms with Crippen LogP contribution in [0.2, 0.25) is 5.02 Å². The number of pyridine rings is 1. The number of amides is 1. The standard InChI is InChI=1S/C11H15ClN2O3/c1-7(4-14-11(16)17)2-10-8(6-15)3-9(12)5-13-10/h3,5,7,14-15H,2,4,6H2,1H3,(H,16,17)/t7-/m0/s1. The minimum Gasteiger partial charge on any atom is -0.465 e. The van der Waals surface area contributed by atoms with Crippen LogP contribution in [0.4, 0.5) is 4.79 Å². The lowest BCUT2D eigenvalue weighted by Gasteiger charge is -2.13. The van der Waals surface area contributed by atoms with E-state index in [-0.39, 0.29) is 12.5 Å². The van der Waals surface area contributed by atoms with Crippen molar-refractivity contribution in [3.05, 3.63) is 28.5 Å². The molecule has 0 unspecified atom stereocenters. The summed E-state index contributed by atoms with van der Waals surface area (Å²) in [5, 5.41) is 20.4. The zero-order chi connectivity index (χ0) is 12.8. The number of rotatable bonds is 5. The highest BCUT2D eigenvalue weighted by molar-refractivity contribution is 6.30. The van der Waals surface area contributed by atoms with E-state index in [0.29, 0.717) is 23.6 Å². The molecule has 1 amide bonds. The van der Waals surface area contributed by atoms with Gasteiger partial charge in [-0.05, 0) is 18.4 Å². The third kappa shape index (κ3) is 4.58. The van der Waals surface area contributed by atoms with Crippen molar-refractivity contribution in [2.75, 3.05) is 6.54 Å². The summed E-state index contributed by atoms with van der Waals surface area (Å²) in [6.45, 7) is 2.14. The van der Waals surface area contributed by atoms with Crippen molar-refractivity contribution in [3.63, 3.8) is 0 Å². The van der Waals surface area contributed by atoms with E-state index in [1.165, 1.54) is 6.20 Å². The summed E-state index contributed by atoms with van der Waals surface area (Å²) in [5.74, 6) is 0.102. The van der Waals surface area contributed by atoms with E-state index >= 15 is 0 Å². The third-order valence-electron chi connectivity index (χ3n) is 2.34. The monoisotopic (exact) mass is 258 g/mol. The summed E-state index contributed by atoms with van der Waals surface area (Å²) in [6, 6.07) is 1.67. The summed E-state index contributed by atoms with van der Waals surface area (Å²) in [6.07, 6.45) is 1.07. The van der Waals surface area contributed by atoms with Gasteiger partial charge in [-0.2, -0.15) is 0 Å². The van der Waals surface area contributed by atoms with Crippen LogP contribution in [0.3, 0.4) is 0 Å². The Labute approximate surface area is 104 Å². The van der Waals surface area contributed by atoms with Gasteiger partial charge in [0.05, 0.1) is 11.6 Å². The van der Waals surface area contributed by atoms with Crippen LogP contribution >= 0.6 is 11.6 Å². The molecule has 6 heteroatoms. The highest BCUT2D eigenvalue weighted by atomic mass is 35.5. The molecule has 0 aromatic carbocycles. The molecule has 0 radical (unpaired) electrons. The number of hydrogen-bond acceptors (Lipinski definition) is 3. The molecule has 0 spiro atoms. The van der Waals surface area contributed by atoms with Crippen LogP contribution in [0.1, 0.15) is 18.2 Å². The van der Waals surface area contributed by atoms with Gasteiger partial charge in [0.25, 0.3) is 0 Å². The molecule has 1 aromatic rings. The van der Waals surface area contributed by atoms with Crippen molar-refractivity contribution >= 4 is 17.7 Å². The summed E-state index contributed by atoms with van der Waals surface area (Å²) in [5.41, 5.74) is 1.43. The Morgan fingerprint density at radius 1 is 1.65 bits per heavy atom. The Hall–Kier alpha value is -1.33. The van der Waals surface area contributed by atoms with Crippen LogP contribution in [-0.4, -0.2) is 27.8 Å². The van der Waals surface area contributed by atoms with Crippen LogP contribution in [0, 0.1) is 5.92 Å². The van der Waals surface area contributed by atoms with Gasteiger partial charge in [0, 0.05) is 24.0 Å². The molecular formula is C11H15ClN2O3. The number of aliphatic hydroxyl groups excluding tert-OH is 1. The molecule has 0 aliphatic heterocycles. The summed E-state index contributed by atoms with van der Waals surface area (Å²) in [7, 11) is 0. The Morgan fingerprint density at radius 2 is 2.35 bits per heavy atom. The lowest BCUT2D eigenvalue weighted by atomic mass is 10.0. The van der Waals surface area contributed by atoms with E-state index in [4.69, 9.17) is 21.8 Å². The molecule has 0 fully saturated rings. The van der Waals surface area contributed by atoms with Gasteiger partial charge in [0.1, 0.15) is 0 Å². The number of halogens is 1. The van der Waals surface area contributed by atoms with Gasteiger partial charge in [-0.1, -0.05) is 18.5 Å². The minimum absolute atomic E-state index is 0.102. The smallest absolute Gasteiger partial charge is 0.404 e. The first-order chi connectivity index (χ1) is 8.02. The first kappa shape index (κ1) is 13.7. The molecule has 0 aliphatic carbocycles. The average Bonchev–Trinajstić information content (AvgIpc) is 2.28. The van der Waals surface area contributed by atoms with Gasteiger partial charge in [0.2, 0.25) is 0 Å². The second-order valence-electron chi connectivity index (χ2n) is 3.91. The highest BCUT2D eigenvalue weighted by Crippen LogP contribution is 2.16. The molecule has 17 heavy (non-hydrogen) atoms. The fraction of sp³-hybridized carbons (Fsp3) is 0.455. The zero-order valence-electron chi connectivity index (χ0n) is 9.48. The Balaban J connectivity index is 2.64. The number of aliphatic hydroxyl groups is 1. The Kier molecular flexibility index (Phi) is 5.18. The van der Waals surface area contributed by atoms with Gasteiger partial charge >= 0.3 is 6.09 Å². The quantitative estimate of drug-likeness (QED) is 0.750. The molecule has 0 saturated carbocycles. The molecule has 0 saturated heterocycles. The molecule has 1 rings (SSSR count). The van der Waals surface area contributed by atoms with Gasteiger partial charge in [0.15, 0.2) is 0 Å². The molecule has 5 nitrogen and oxygen atoms in total. The van der Waals surface area contributed by atoms with Crippen LogP contribution < -0.4 is 5.32 Å². The molecule has 1 heterocycles. The Morgan fingerprint density at radius 3 is 2.94 bits per heavy atom. The maximum Gasteiger partial charge on any atom is 0.404 e.